The van der Waals surface area contributed by atoms with Crippen molar-refractivity contribution in [2.75, 3.05) is 38.0 Å². The predicted molar refractivity (Wildman–Crippen MR) is 75.6 cm³/mol. The van der Waals surface area contributed by atoms with Crippen molar-refractivity contribution < 1.29 is 14.1 Å². The van der Waals surface area contributed by atoms with Gasteiger partial charge in [0.25, 0.3) is 5.69 Å². The molecule has 2 rings (SSSR count). The maximum atomic E-state index is 13.7. The second kappa shape index (κ2) is 7.09. The summed E-state index contributed by atoms with van der Waals surface area (Å²) >= 11 is 0. The molecule has 114 valence electrons. The molecular formula is C13H17FN4O3. The molecule has 1 aromatic rings. The lowest BCUT2D eigenvalue weighted by molar-refractivity contribution is -0.385. The van der Waals surface area contributed by atoms with Crippen LogP contribution in [0.25, 0.3) is 0 Å². The molecule has 2 N–H and O–H groups in total. The van der Waals surface area contributed by atoms with Crippen LogP contribution in [-0.2, 0) is 4.79 Å². The smallest absolute Gasteiger partial charge is 0.272 e. The number of nitrogens with zero attached hydrogens (tertiary/aromatic N) is 2. The lowest BCUT2D eigenvalue weighted by Gasteiger charge is -2.18. The van der Waals surface area contributed by atoms with Crippen molar-refractivity contribution in [1.29, 1.82) is 0 Å². The van der Waals surface area contributed by atoms with Crippen molar-refractivity contribution in [3.8, 4) is 0 Å². The number of nitrogens with one attached hydrogen (secondary N) is 2. The van der Waals surface area contributed by atoms with E-state index in [9.17, 15) is 19.3 Å². The molecule has 0 spiro atoms. The highest BCUT2D eigenvalue weighted by Crippen LogP contribution is 2.20. The molecule has 1 aromatic carbocycles. The third-order valence-corrected chi connectivity index (χ3v) is 3.24. The Morgan fingerprint density at radius 3 is 2.95 bits per heavy atom. The van der Waals surface area contributed by atoms with Crippen LogP contribution >= 0.6 is 0 Å². The molecule has 0 saturated carbocycles. The van der Waals surface area contributed by atoms with Gasteiger partial charge in [0.2, 0.25) is 5.91 Å². The van der Waals surface area contributed by atoms with Gasteiger partial charge < -0.3 is 10.6 Å². The van der Waals surface area contributed by atoms with E-state index in [0.717, 1.165) is 44.7 Å². The van der Waals surface area contributed by atoms with Crippen molar-refractivity contribution >= 4 is 17.3 Å². The average Bonchev–Trinajstić information content (AvgIpc) is 2.69. The molecule has 0 bridgehead atoms. The molecule has 1 aliphatic heterocycles. The van der Waals surface area contributed by atoms with Crippen LogP contribution in [0.4, 0.5) is 15.8 Å². The zero-order valence-electron chi connectivity index (χ0n) is 11.5. The van der Waals surface area contributed by atoms with E-state index in [1.165, 1.54) is 6.07 Å². The van der Waals surface area contributed by atoms with E-state index in [0.29, 0.717) is 0 Å². The Labute approximate surface area is 121 Å². The van der Waals surface area contributed by atoms with Crippen molar-refractivity contribution in [2.24, 2.45) is 0 Å². The summed E-state index contributed by atoms with van der Waals surface area (Å²) in [5, 5.41) is 16.2. The third-order valence-electron chi connectivity index (χ3n) is 3.24. The predicted octanol–water partition coefficient (Wildman–Crippen LogP) is 0.968. The Balaban J connectivity index is 1.94. The van der Waals surface area contributed by atoms with E-state index < -0.39 is 10.7 Å². The van der Waals surface area contributed by atoms with Gasteiger partial charge in [-0.15, -0.1) is 0 Å². The molecular weight excluding hydrogens is 279 g/mol. The van der Waals surface area contributed by atoms with Crippen LogP contribution in [0.3, 0.4) is 0 Å². The molecule has 7 nitrogen and oxygen atoms in total. The van der Waals surface area contributed by atoms with Gasteiger partial charge in [0.1, 0.15) is 0 Å². The largest absolute Gasteiger partial charge is 0.322 e. The minimum atomic E-state index is -0.810. The quantitative estimate of drug-likeness (QED) is 0.638. The van der Waals surface area contributed by atoms with E-state index in [-0.39, 0.29) is 23.8 Å². The third kappa shape index (κ3) is 4.47. The molecule has 0 atom stereocenters. The first-order valence-corrected chi connectivity index (χ1v) is 6.73. The molecule has 1 heterocycles. The molecule has 1 saturated heterocycles. The Morgan fingerprint density at radius 1 is 1.43 bits per heavy atom. The lowest BCUT2D eigenvalue weighted by atomic mass is 10.2. The van der Waals surface area contributed by atoms with Crippen molar-refractivity contribution in [1.82, 2.24) is 10.2 Å². The Hall–Kier alpha value is -2.06. The van der Waals surface area contributed by atoms with Gasteiger partial charge in [-0.1, -0.05) is 0 Å². The highest BCUT2D eigenvalue weighted by atomic mass is 19.1. The number of nitro groups is 1. The van der Waals surface area contributed by atoms with Crippen molar-refractivity contribution in [2.45, 2.75) is 6.42 Å². The number of hydrogen-bond acceptors (Lipinski definition) is 5. The van der Waals surface area contributed by atoms with E-state index in [1.54, 1.807) is 0 Å². The van der Waals surface area contributed by atoms with Crippen LogP contribution in [0.1, 0.15) is 6.42 Å². The summed E-state index contributed by atoms with van der Waals surface area (Å²) in [5.41, 5.74) is -0.386. The summed E-state index contributed by atoms with van der Waals surface area (Å²) in [6.07, 6.45) is 0.958. The van der Waals surface area contributed by atoms with E-state index in [2.05, 4.69) is 10.6 Å². The van der Waals surface area contributed by atoms with Crippen molar-refractivity contribution in [3.63, 3.8) is 0 Å². The summed E-state index contributed by atoms with van der Waals surface area (Å²) in [5.74, 6) is -1.14. The molecule has 8 heteroatoms. The maximum Gasteiger partial charge on any atom is 0.272 e. The molecule has 0 aromatic heterocycles. The maximum absolute atomic E-state index is 13.7. The monoisotopic (exact) mass is 296 g/mol. The fourth-order valence-corrected chi connectivity index (χ4v) is 2.17. The Bertz CT molecular complexity index is 530. The van der Waals surface area contributed by atoms with Gasteiger partial charge in [0.05, 0.1) is 23.2 Å². The number of rotatable bonds is 4. The van der Waals surface area contributed by atoms with E-state index >= 15 is 0 Å². The number of benzene rings is 1. The normalized spacial score (nSPS) is 16.2. The van der Waals surface area contributed by atoms with Gasteiger partial charge in [-0.3, -0.25) is 19.8 Å². The summed E-state index contributed by atoms with van der Waals surface area (Å²) in [6, 6.07) is 3.16. The molecule has 0 radical (unpaired) electrons. The second-order valence-corrected chi connectivity index (χ2v) is 4.85. The molecule has 1 fully saturated rings. The summed E-state index contributed by atoms with van der Waals surface area (Å²) in [7, 11) is 0. The topological polar surface area (TPSA) is 87.5 Å². The zero-order valence-corrected chi connectivity index (χ0v) is 11.5. The highest BCUT2D eigenvalue weighted by molar-refractivity contribution is 5.92. The minimum absolute atomic E-state index is 0.0430. The summed E-state index contributed by atoms with van der Waals surface area (Å²) in [6.45, 7) is 3.49. The summed E-state index contributed by atoms with van der Waals surface area (Å²) in [4.78, 5) is 23.7. The first-order chi connectivity index (χ1) is 10.1. The second-order valence-electron chi connectivity index (χ2n) is 4.85. The van der Waals surface area contributed by atoms with Gasteiger partial charge in [0, 0.05) is 19.2 Å². The van der Waals surface area contributed by atoms with E-state index in [4.69, 9.17) is 0 Å². The van der Waals surface area contributed by atoms with Gasteiger partial charge in [-0.05, 0) is 25.6 Å². The number of nitro benzene ring substituents is 1. The number of halogens is 1. The van der Waals surface area contributed by atoms with Crippen LogP contribution in [0.2, 0.25) is 0 Å². The molecule has 0 aliphatic carbocycles. The Kier molecular flexibility index (Phi) is 5.18. The van der Waals surface area contributed by atoms with Gasteiger partial charge in [-0.25, -0.2) is 4.39 Å². The average molecular weight is 296 g/mol. The van der Waals surface area contributed by atoms with Crippen LogP contribution < -0.4 is 10.6 Å². The molecule has 0 unspecified atom stereocenters. The van der Waals surface area contributed by atoms with Gasteiger partial charge in [-0.2, -0.15) is 0 Å². The van der Waals surface area contributed by atoms with Crippen LogP contribution in [-0.4, -0.2) is 48.5 Å². The van der Waals surface area contributed by atoms with Crippen molar-refractivity contribution in [3.05, 3.63) is 34.1 Å². The first kappa shape index (κ1) is 15.3. The standard InChI is InChI=1S/C13H17FN4O3/c14-11-8-10(18(20)21)2-3-12(11)16-13(19)9-17-6-1-4-15-5-7-17/h2-3,8,15H,1,4-7,9H2,(H,16,19). The fraction of sp³-hybridized carbons (Fsp3) is 0.462. The van der Waals surface area contributed by atoms with Gasteiger partial charge in [0.15, 0.2) is 5.82 Å². The lowest BCUT2D eigenvalue weighted by Crippen LogP contribution is -2.35. The highest BCUT2D eigenvalue weighted by Gasteiger charge is 2.15. The van der Waals surface area contributed by atoms with Gasteiger partial charge >= 0.3 is 0 Å². The SMILES string of the molecule is O=C(CN1CCCNCC1)Nc1ccc([N+](=O)[O-])cc1F. The molecule has 1 aliphatic rings. The van der Waals surface area contributed by atoms with Crippen LogP contribution in [0.15, 0.2) is 18.2 Å². The molecule has 21 heavy (non-hydrogen) atoms. The minimum Gasteiger partial charge on any atom is -0.322 e. The first-order valence-electron chi connectivity index (χ1n) is 6.73. The number of carbonyl (C=O) groups is 1. The molecule has 1 amide bonds. The Morgan fingerprint density at radius 2 is 2.24 bits per heavy atom. The van der Waals surface area contributed by atoms with E-state index in [1.807, 2.05) is 4.90 Å². The number of anilines is 1. The zero-order chi connectivity index (χ0) is 15.2. The van der Waals surface area contributed by atoms with Crippen LogP contribution in [0.5, 0.6) is 0 Å². The number of amides is 1. The fourth-order valence-electron chi connectivity index (χ4n) is 2.17. The number of hydrogen-bond donors (Lipinski definition) is 2. The summed E-state index contributed by atoms with van der Waals surface area (Å²) < 4.78 is 13.7. The number of carbonyl (C=O) groups excluding carboxylic acids is 1. The van der Waals surface area contributed by atoms with Crippen LogP contribution in [0, 0.1) is 15.9 Å². The number of non-ortho nitro benzene ring substituents is 1.